The summed E-state index contributed by atoms with van der Waals surface area (Å²) in [5.74, 6) is 0.658. The van der Waals surface area contributed by atoms with Crippen molar-refractivity contribution in [3.63, 3.8) is 0 Å². The van der Waals surface area contributed by atoms with Gasteiger partial charge in [-0.25, -0.2) is 14.6 Å². The van der Waals surface area contributed by atoms with Gasteiger partial charge < -0.3 is 9.40 Å². The Bertz CT molecular complexity index is 1460. The van der Waals surface area contributed by atoms with Crippen LogP contribution in [0.2, 0.25) is 0 Å². The largest absolute Gasteiger partial charge is 0.440 e. The second kappa shape index (κ2) is 7.12. The molecule has 0 radical (unpaired) electrons. The lowest BCUT2D eigenvalue weighted by Gasteiger charge is -2.03. The van der Waals surface area contributed by atoms with Gasteiger partial charge in [0, 0.05) is 6.07 Å². The summed E-state index contributed by atoms with van der Waals surface area (Å²) in [7, 11) is 0. The van der Waals surface area contributed by atoms with Gasteiger partial charge >= 0.3 is 0 Å². The monoisotopic (exact) mass is 420 g/mol. The number of rotatable bonds is 5. The lowest BCUT2D eigenvalue weighted by atomic mass is 10.3. The zero-order chi connectivity index (χ0) is 20.7. The van der Waals surface area contributed by atoms with Crippen LogP contribution < -0.4 is 5.56 Å². The van der Waals surface area contributed by atoms with Crippen molar-refractivity contribution in [2.45, 2.75) is 10.9 Å². The van der Waals surface area contributed by atoms with Gasteiger partial charge in [0.2, 0.25) is 5.89 Å². The Morgan fingerprint density at radius 3 is 2.80 bits per heavy atom. The number of non-ortho nitro benzene ring substituents is 1. The number of hydrogen-bond donors (Lipinski definition) is 1. The van der Waals surface area contributed by atoms with E-state index in [2.05, 4.69) is 20.1 Å². The van der Waals surface area contributed by atoms with Crippen LogP contribution in [-0.4, -0.2) is 29.7 Å². The molecule has 1 N–H and O–H groups in total. The minimum absolute atomic E-state index is 0.0662. The Morgan fingerprint density at radius 2 is 2.00 bits per heavy atom. The molecular formula is C19H12N6O4S. The van der Waals surface area contributed by atoms with Crippen LogP contribution in [0, 0.1) is 10.1 Å². The number of nitro groups is 1. The molecule has 0 aliphatic carbocycles. The number of nitro benzene ring substituents is 1. The number of nitrogens with one attached hydrogen (secondary N) is 1. The van der Waals surface area contributed by atoms with Gasteiger partial charge in [0.1, 0.15) is 10.9 Å². The molecule has 10 nitrogen and oxygen atoms in total. The summed E-state index contributed by atoms with van der Waals surface area (Å²) in [6, 6.07) is 13.6. The normalized spacial score (nSPS) is 11.3. The molecule has 0 aliphatic rings. The SMILES string of the molecule is O=c1[nH]c(SCc2nc3ccc([N+](=O)[O-])cc3o2)nc2c1cnn2-c1ccccc1. The van der Waals surface area contributed by atoms with Crippen molar-refractivity contribution < 1.29 is 9.34 Å². The smallest absolute Gasteiger partial charge is 0.273 e. The number of aromatic amines is 1. The second-order valence-electron chi connectivity index (χ2n) is 6.31. The van der Waals surface area contributed by atoms with Crippen LogP contribution in [0.15, 0.2) is 69.1 Å². The van der Waals surface area contributed by atoms with Gasteiger partial charge in [-0.2, -0.15) is 5.10 Å². The first kappa shape index (κ1) is 18.1. The maximum atomic E-state index is 12.4. The molecule has 0 fully saturated rings. The van der Waals surface area contributed by atoms with Crippen LogP contribution in [-0.2, 0) is 5.75 Å². The fourth-order valence-corrected chi connectivity index (χ4v) is 3.69. The van der Waals surface area contributed by atoms with E-state index in [9.17, 15) is 14.9 Å². The average molecular weight is 420 g/mol. The first-order valence-electron chi connectivity index (χ1n) is 8.78. The summed E-state index contributed by atoms with van der Waals surface area (Å²) >= 11 is 1.24. The molecule has 5 rings (SSSR count). The molecule has 0 saturated carbocycles. The highest BCUT2D eigenvalue weighted by molar-refractivity contribution is 7.98. The van der Waals surface area contributed by atoms with Crippen LogP contribution in [0.1, 0.15) is 5.89 Å². The fourth-order valence-electron chi connectivity index (χ4n) is 2.99. The Hall–Kier alpha value is -3.99. The molecule has 2 aromatic carbocycles. The molecular weight excluding hydrogens is 408 g/mol. The van der Waals surface area contributed by atoms with E-state index in [0.29, 0.717) is 33.2 Å². The summed E-state index contributed by atoms with van der Waals surface area (Å²) in [6.07, 6.45) is 1.48. The fraction of sp³-hybridized carbons (Fsp3) is 0.0526. The Morgan fingerprint density at radius 1 is 1.17 bits per heavy atom. The van der Waals surface area contributed by atoms with Gasteiger partial charge in [0.05, 0.1) is 28.6 Å². The first-order chi connectivity index (χ1) is 14.6. The summed E-state index contributed by atoms with van der Waals surface area (Å²) in [6.45, 7) is 0. The van der Waals surface area contributed by atoms with Crippen molar-refractivity contribution >= 4 is 39.6 Å². The highest BCUT2D eigenvalue weighted by Crippen LogP contribution is 2.25. The van der Waals surface area contributed by atoms with Crippen molar-refractivity contribution in [1.82, 2.24) is 24.7 Å². The summed E-state index contributed by atoms with van der Waals surface area (Å²) in [4.78, 5) is 34.4. The predicted octanol–water partition coefficient (Wildman–Crippen LogP) is 3.45. The molecule has 0 amide bonds. The highest BCUT2D eigenvalue weighted by atomic mass is 32.2. The zero-order valence-electron chi connectivity index (χ0n) is 15.2. The molecule has 0 saturated heterocycles. The van der Waals surface area contributed by atoms with Gasteiger partial charge in [-0.1, -0.05) is 30.0 Å². The molecule has 3 aromatic heterocycles. The van der Waals surface area contributed by atoms with E-state index in [-0.39, 0.29) is 17.0 Å². The van der Waals surface area contributed by atoms with Crippen molar-refractivity contribution in [2.24, 2.45) is 0 Å². The lowest BCUT2D eigenvalue weighted by molar-refractivity contribution is -0.384. The number of benzene rings is 2. The van der Waals surface area contributed by atoms with Crippen molar-refractivity contribution in [1.29, 1.82) is 0 Å². The number of nitrogens with zero attached hydrogens (tertiary/aromatic N) is 5. The van der Waals surface area contributed by atoms with Crippen LogP contribution >= 0.6 is 11.8 Å². The summed E-state index contributed by atoms with van der Waals surface area (Å²) < 4.78 is 7.21. The van der Waals surface area contributed by atoms with Crippen LogP contribution in [0.25, 0.3) is 27.8 Å². The molecule has 3 heterocycles. The van der Waals surface area contributed by atoms with E-state index in [1.165, 1.54) is 36.2 Å². The van der Waals surface area contributed by atoms with Crippen LogP contribution in [0.4, 0.5) is 5.69 Å². The first-order valence-corrected chi connectivity index (χ1v) is 9.77. The Balaban J connectivity index is 1.45. The second-order valence-corrected chi connectivity index (χ2v) is 7.27. The molecule has 0 atom stereocenters. The van der Waals surface area contributed by atoms with E-state index >= 15 is 0 Å². The maximum absolute atomic E-state index is 12.4. The molecule has 0 unspecified atom stereocenters. The summed E-state index contributed by atoms with van der Waals surface area (Å²) in [5, 5.41) is 15.9. The molecule has 5 aromatic rings. The number of fused-ring (bicyclic) bond motifs is 2. The Labute approximate surface area is 171 Å². The van der Waals surface area contributed by atoms with E-state index in [0.717, 1.165) is 5.69 Å². The topological polar surface area (TPSA) is 133 Å². The van der Waals surface area contributed by atoms with Crippen LogP contribution in [0.3, 0.4) is 0 Å². The van der Waals surface area contributed by atoms with E-state index in [1.54, 1.807) is 4.68 Å². The molecule has 148 valence electrons. The highest BCUT2D eigenvalue weighted by Gasteiger charge is 2.14. The predicted molar refractivity (Wildman–Crippen MR) is 110 cm³/mol. The number of hydrogen-bond acceptors (Lipinski definition) is 8. The molecule has 0 spiro atoms. The molecule has 30 heavy (non-hydrogen) atoms. The third-order valence-corrected chi connectivity index (χ3v) is 5.23. The number of oxazole rings is 1. The summed E-state index contributed by atoms with van der Waals surface area (Å²) in [5.41, 5.74) is 1.73. The maximum Gasteiger partial charge on any atom is 0.273 e. The Kier molecular flexibility index (Phi) is 4.29. The van der Waals surface area contributed by atoms with Crippen molar-refractivity contribution in [3.8, 4) is 5.69 Å². The van der Waals surface area contributed by atoms with Gasteiger partial charge in [0.15, 0.2) is 16.4 Å². The van der Waals surface area contributed by atoms with Gasteiger partial charge in [-0.05, 0) is 18.2 Å². The molecule has 0 aliphatic heterocycles. The van der Waals surface area contributed by atoms with Crippen molar-refractivity contribution in [3.05, 3.63) is 81.1 Å². The quantitative estimate of drug-likeness (QED) is 0.198. The van der Waals surface area contributed by atoms with Gasteiger partial charge in [-0.15, -0.1) is 0 Å². The van der Waals surface area contributed by atoms with Crippen LogP contribution in [0.5, 0.6) is 0 Å². The van der Waals surface area contributed by atoms with Gasteiger partial charge in [0.25, 0.3) is 11.2 Å². The van der Waals surface area contributed by atoms with Crippen molar-refractivity contribution in [2.75, 3.05) is 0 Å². The standard InChI is InChI=1S/C19H12N6O4S/c26-18-13-9-20-24(11-4-2-1-3-5-11)17(13)22-19(23-18)30-10-16-21-14-7-6-12(25(27)28)8-15(14)29-16/h1-9H,10H2,(H,22,23,26). The van der Waals surface area contributed by atoms with E-state index in [1.807, 2.05) is 30.3 Å². The number of thioether (sulfide) groups is 1. The molecule has 11 heteroatoms. The minimum Gasteiger partial charge on any atom is -0.440 e. The third kappa shape index (κ3) is 3.20. The molecule has 0 bridgehead atoms. The number of H-pyrrole nitrogens is 1. The average Bonchev–Trinajstić information content (AvgIpc) is 3.36. The minimum atomic E-state index is -0.490. The number of aromatic nitrogens is 5. The number of para-hydroxylation sites is 1. The lowest BCUT2D eigenvalue weighted by Crippen LogP contribution is -2.09. The van der Waals surface area contributed by atoms with E-state index < -0.39 is 4.92 Å². The van der Waals surface area contributed by atoms with E-state index in [4.69, 9.17) is 4.42 Å². The zero-order valence-corrected chi connectivity index (χ0v) is 16.0. The van der Waals surface area contributed by atoms with Gasteiger partial charge in [-0.3, -0.25) is 14.9 Å². The third-order valence-electron chi connectivity index (χ3n) is 4.38.